The van der Waals surface area contributed by atoms with Crippen molar-refractivity contribution in [2.75, 3.05) is 13.7 Å². The number of halogens is 1. The SMILES string of the molecule is COc1ccc(CCNC(=O)c2ccccn2)cc1Br. The average Bonchev–Trinajstić information content (AvgIpc) is 2.48. The molecule has 2 aromatic rings. The van der Waals surface area contributed by atoms with E-state index in [-0.39, 0.29) is 5.91 Å². The number of nitrogens with zero attached hydrogens (tertiary/aromatic N) is 1. The number of rotatable bonds is 5. The van der Waals surface area contributed by atoms with Crippen LogP contribution in [-0.2, 0) is 6.42 Å². The van der Waals surface area contributed by atoms with E-state index < -0.39 is 0 Å². The van der Waals surface area contributed by atoms with E-state index in [9.17, 15) is 4.79 Å². The predicted octanol–water partition coefficient (Wildman–Crippen LogP) is 2.83. The highest BCUT2D eigenvalue weighted by Crippen LogP contribution is 2.25. The lowest BCUT2D eigenvalue weighted by Crippen LogP contribution is -2.26. The molecule has 0 aliphatic heterocycles. The third-order valence-electron chi connectivity index (χ3n) is 2.81. The molecule has 4 nitrogen and oxygen atoms in total. The van der Waals surface area contributed by atoms with Crippen molar-refractivity contribution in [3.63, 3.8) is 0 Å². The maximum atomic E-state index is 11.8. The lowest BCUT2D eigenvalue weighted by atomic mass is 10.1. The summed E-state index contributed by atoms with van der Waals surface area (Å²) in [6.45, 7) is 0.564. The Bertz CT molecular complexity index is 588. The molecular formula is C15H15BrN2O2. The van der Waals surface area contributed by atoms with Crippen molar-refractivity contribution in [2.45, 2.75) is 6.42 Å². The molecule has 0 unspecified atom stereocenters. The fourth-order valence-corrected chi connectivity index (χ4v) is 2.36. The monoisotopic (exact) mass is 334 g/mol. The maximum absolute atomic E-state index is 11.8. The molecule has 1 aromatic carbocycles. The standard InChI is InChI=1S/C15H15BrN2O2/c1-20-14-6-5-11(10-12(14)16)7-9-18-15(19)13-4-2-3-8-17-13/h2-6,8,10H,7,9H2,1H3,(H,18,19). The first-order chi connectivity index (χ1) is 9.70. The van der Waals surface area contributed by atoms with E-state index in [0.717, 1.165) is 22.2 Å². The van der Waals surface area contributed by atoms with Crippen LogP contribution >= 0.6 is 15.9 Å². The summed E-state index contributed by atoms with van der Waals surface area (Å²) in [5.41, 5.74) is 1.56. The molecule has 2 rings (SSSR count). The van der Waals surface area contributed by atoms with Gasteiger partial charge in [-0.25, -0.2) is 0 Å². The summed E-state index contributed by atoms with van der Waals surface area (Å²) in [4.78, 5) is 15.8. The van der Waals surface area contributed by atoms with Crippen LogP contribution < -0.4 is 10.1 Å². The molecule has 1 aromatic heterocycles. The van der Waals surface area contributed by atoms with Gasteiger partial charge < -0.3 is 10.1 Å². The third kappa shape index (κ3) is 3.81. The van der Waals surface area contributed by atoms with Crippen molar-refractivity contribution in [1.29, 1.82) is 0 Å². The molecule has 0 saturated carbocycles. The molecule has 104 valence electrons. The summed E-state index contributed by atoms with van der Waals surface area (Å²) in [7, 11) is 1.63. The Labute approximate surface area is 126 Å². The molecule has 1 heterocycles. The van der Waals surface area contributed by atoms with Gasteiger partial charge in [-0.15, -0.1) is 0 Å². The number of nitrogens with one attached hydrogen (secondary N) is 1. The van der Waals surface area contributed by atoms with Gasteiger partial charge in [0.2, 0.25) is 0 Å². The van der Waals surface area contributed by atoms with Crippen LogP contribution in [0.3, 0.4) is 0 Å². The highest BCUT2D eigenvalue weighted by Gasteiger charge is 2.06. The number of hydrogen-bond donors (Lipinski definition) is 1. The number of benzene rings is 1. The van der Waals surface area contributed by atoms with Crippen molar-refractivity contribution < 1.29 is 9.53 Å². The molecule has 0 saturated heterocycles. The molecule has 1 amide bonds. The first kappa shape index (κ1) is 14.5. The van der Waals surface area contributed by atoms with E-state index in [0.29, 0.717) is 12.2 Å². The number of methoxy groups -OCH3 is 1. The zero-order valence-corrected chi connectivity index (χ0v) is 12.7. The van der Waals surface area contributed by atoms with Gasteiger partial charge in [-0.05, 0) is 52.2 Å². The highest BCUT2D eigenvalue weighted by atomic mass is 79.9. The highest BCUT2D eigenvalue weighted by molar-refractivity contribution is 9.10. The second kappa shape index (κ2) is 7.05. The number of hydrogen-bond acceptors (Lipinski definition) is 3. The largest absolute Gasteiger partial charge is 0.496 e. The zero-order chi connectivity index (χ0) is 14.4. The molecule has 1 N–H and O–H groups in total. The Hall–Kier alpha value is -1.88. The van der Waals surface area contributed by atoms with Gasteiger partial charge in [0, 0.05) is 12.7 Å². The van der Waals surface area contributed by atoms with Gasteiger partial charge in [-0.1, -0.05) is 12.1 Å². The van der Waals surface area contributed by atoms with E-state index >= 15 is 0 Å². The van der Waals surface area contributed by atoms with Crippen molar-refractivity contribution in [1.82, 2.24) is 10.3 Å². The molecule has 0 spiro atoms. The van der Waals surface area contributed by atoms with Crippen LogP contribution in [0, 0.1) is 0 Å². The fourth-order valence-electron chi connectivity index (χ4n) is 1.77. The zero-order valence-electron chi connectivity index (χ0n) is 11.1. The molecular weight excluding hydrogens is 320 g/mol. The lowest BCUT2D eigenvalue weighted by Gasteiger charge is -2.07. The lowest BCUT2D eigenvalue weighted by molar-refractivity contribution is 0.0949. The maximum Gasteiger partial charge on any atom is 0.269 e. The third-order valence-corrected chi connectivity index (χ3v) is 3.43. The molecule has 0 aliphatic carbocycles. The summed E-state index contributed by atoms with van der Waals surface area (Å²) in [6.07, 6.45) is 2.36. The summed E-state index contributed by atoms with van der Waals surface area (Å²) in [5, 5.41) is 2.85. The smallest absolute Gasteiger partial charge is 0.269 e. The van der Waals surface area contributed by atoms with Gasteiger partial charge >= 0.3 is 0 Å². The molecule has 0 atom stereocenters. The first-order valence-corrected chi connectivity index (χ1v) is 7.01. The Morgan fingerprint density at radius 3 is 2.85 bits per heavy atom. The molecule has 0 fully saturated rings. The first-order valence-electron chi connectivity index (χ1n) is 6.22. The molecule has 0 bridgehead atoms. The van der Waals surface area contributed by atoms with Gasteiger partial charge in [-0.2, -0.15) is 0 Å². The van der Waals surface area contributed by atoms with Crippen molar-refractivity contribution >= 4 is 21.8 Å². The number of carbonyl (C=O) groups excluding carboxylic acids is 1. The van der Waals surface area contributed by atoms with Crippen molar-refractivity contribution in [3.05, 3.63) is 58.3 Å². The van der Waals surface area contributed by atoms with Gasteiger partial charge in [0.15, 0.2) is 0 Å². The molecule has 0 aliphatic rings. The second-order valence-electron chi connectivity index (χ2n) is 4.19. The summed E-state index contributed by atoms with van der Waals surface area (Å²) >= 11 is 3.44. The number of amides is 1. The van der Waals surface area contributed by atoms with E-state index in [4.69, 9.17) is 4.74 Å². The van der Waals surface area contributed by atoms with Crippen LogP contribution in [0.1, 0.15) is 16.1 Å². The van der Waals surface area contributed by atoms with Crippen molar-refractivity contribution in [3.8, 4) is 5.75 Å². The van der Waals surface area contributed by atoms with Gasteiger partial charge in [-0.3, -0.25) is 9.78 Å². The van der Waals surface area contributed by atoms with E-state index in [1.54, 1.807) is 31.5 Å². The van der Waals surface area contributed by atoms with E-state index in [2.05, 4.69) is 26.2 Å². The van der Waals surface area contributed by atoms with E-state index in [1.807, 2.05) is 18.2 Å². The van der Waals surface area contributed by atoms with Crippen LogP contribution in [0.25, 0.3) is 0 Å². The number of ether oxygens (including phenoxy) is 1. The van der Waals surface area contributed by atoms with Crippen LogP contribution in [0.2, 0.25) is 0 Å². The average molecular weight is 335 g/mol. The molecule has 5 heteroatoms. The molecule has 20 heavy (non-hydrogen) atoms. The minimum absolute atomic E-state index is 0.154. The van der Waals surface area contributed by atoms with Crippen molar-refractivity contribution in [2.24, 2.45) is 0 Å². The Morgan fingerprint density at radius 1 is 1.35 bits per heavy atom. The van der Waals surface area contributed by atoms with Gasteiger partial charge in [0.25, 0.3) is 5.91 Å². The minimum atomic E-state index is -0.154. The summed E-state index contributed by atoms with van der Waals surface area (Å²) in [6, 6.07) is 11.1. The molecule has 0 radical (unpaired) electrons. The number of aromatic nitrogens is 1. The Balaban J connectivity index is 1.87. The summed E-state index contributed by atoms with van der Waals surface area (Å²) in [5.74, 6) is 0.643. The number of carbonyl (C=O) groups is 1. The van der Waals surface area contributed by atoms with Crippen LogP contribution in [-0.4, -0.2) is 24.5 Å². The van der Waals surface area contributed by atoms with Gasteiger partial charge in [0.1, 0.15) is 11.4 Å². The van der Waals surface area contributed by atoms with Crippen LogP contribution in [0.15, 0.2) is 47.1 Å². The number of pyridine rings is 1. The summed E-state index contributed by atoms with van der Waals surface area (Å²) < 4.78 is 6.09. The quantitative estimate of drug-likeness (QED) is 0.914. The predicted molar refractivity (Wildman–Crippen MR) is 81.0 cm³/mol. The Morgan fingerprint density at radius 2 is 2.20 bits per heavy atom. The van der Waals surface area contributed by atoms with E-state index in [1.165, 1.54) is 0 Å². The van der Waals surface area contributed by atoms with Gasteiger partial charge in [0.05, 0.1) is 11.6 Å². The van der Waals surface area contributed by atoms with Crippen LogP contribution in [0.5, 0.6) is 5.75 Å². The Kier molecular flexibility index (Phi) is 5.12. The van der Waals surface area contributed by atoms with Crippen LogP contribution in [0.4, 0.5) is 0 Å². The normalized spacial score (nSPS) is 10.1. The topological polar surface area (TPSA) is 51.2 Å². The fraction of sp³-hybridized carbons (Fsp3) is 0.200. The minimum Gasteiger partial charge on any atom is -0.496 e. The second-order valence-corrected chi connectivity index (χ2v) is 5.04.